The van der Waals surface area contributed by atoms with Gasteiger partial charge in [0.25, 0.3) is 0 Å². The number of ether oxygens (including phenoxy) is 1. The zero-order chi connectivity index (χ0) is 45.5. The first-order chi connectivity index (χ1) is 34.2. The van der Waals surface area contributed by atoms with Crippen molar-refractivity contribution in [3.8, 4) is 33.8 Å². The predicted molar refractivity (Wildman–Crippen MR) is 287 cm³/mol. The number of para-hydroxylation sites is 5. The van der Waals surface area contributed by atoms with E-state index < -0.39 is 5.41 Å². The number of nitrogens with zero attached hydrogens (tertiary/aromatic N) is 2. The van der Waals surface area contributed by atoms with Gasteiger partial charge in [0, 0.05) is 55.7 Å². The van der Waals surface area contributed by atoms with Crippen molar-refractivity contribution in [2.75, 3.05) is 9.80 Å². The van der Waals surface area contributed by atoms with Gasteiger partial charge in [0.15, 0.2) is 0 Å². The maximum Gasteiger partial charge on any atom is 0.132 e. The Morgan fingerprint density at radius 3 is 1.67 bits per heavy atom. The summed E-state index contributed by atoms with van der Waals surface area (Å²) in [6.45, 7) is 0. The minimum absolute atomic E-state index is 0.536. The Bertz CT molecular complexity index is 3870. The van der Waals surface area contributed by atoms with E-state index in [2.05, 4.69) is 259 Å². The molecule has 0 radical (unpaired) electrons. The summed E-state index contributed by atoms with van der Waals surface area (Å²) < 4.78 is 9.05. The van der Waals surface area contributed by atoms with Crippen LogP contribution in [0.15, 0.2) is 243 Å². The number of anilines is 6. The molecule has 69 heavy (non-hydrogen) atoms. The molecular weight excluding hydrogens is 857 g/mol. The van der Waals surface area contributed by atoms with Crippen LogP contribution in [0.2, 0.25) is 0 Å². The molecule has 0 N–H and O–H groups in total. The van der Waals surface area contributed by atoms with Crippen molar-refractivity contribution in [3.05, 3.63) is 277 Å². The lowest BCUT2D eigenvalue weighted by molar-refractivity contribution is 0.436. The molecule has 0 bridgehead atoms. The fourth-order valence-corrected chi connectivity index (χ4v) is 12.6. The van der Waals surface area contributed by atoms with E-state index in [9.17, 15) is 0 Å². The zero-order valence-corrected chi connectivity index (χ0v) is 38.1. The van der Waals surface area contributed by atoms with E-state index in [0.717, 1.165) is 78.6 Å². The molecule has 0 amide bonds. The van der Waals surface area contributed by atoms with Gasteiger partial charge in [-0.3, -0.25) is 0 Å². The molecule has 12 aromatic rings. The van der Waals surface area contributed by atoms with Crippen LogP contribution < -0.4 is 14.5 Å². The minimum atomic E-state index is -0.536. The third-order valence-electron chi connectivity index (χ3n) is 14.1. The molecule has 0 saturated heterocycles. The van der Waals surface area contributed by atoms with Crippen LogP contribution in [-0.4, -0.2) is 0 Å². The third kappa shape index (κ3) is 5.95. The highest BCUT2D eigenvalue weighted by molar-refractivity contribution is 7.27. The van der Waals surface area contributed by atoms with Gasteiger partial charge in [-0.25, -0.2) is 0 Å². The highest BCUT2D eigenvalue weighted by Gasteiger charge is 2.51. The van der Waals surface area contributed by atoms with Gasteiger partial charge in [0.05, 0.1) is 25.9 Å². The molecule has 1 aromatic heterocycles. The first-order valence-corrected chi connectivity index (χ1v) is 24.2. The second kappa shape index (κ2) is 15.6. The molecule has 2 heterocycles. The lowest BCUT2D eigenvalue weighted by Crippen LogP contribution is -2.32. The van der Waals surface area contributed by atoms with E-state index >= 15 is 0 Å². The van der Waals surface area contributed by atoms with Gasteiger partial charge >= 0.3 is 0 Å². The van der Waals surface area contributed by atoms with Crippen molar-refractivity contribution in [1.29, 1.82) is 0 Å². The summed E-state index contributed by atoms with van der Waals surface area (Å²) in [5.74, 6) is 1.79. The molecule has 3 nitrogen and oxygen atoms in total. The van der Waals surface area contributed by atoms with Crippen molar-refractivity contribution in [3.63, 3.8) is 0 Å². The lowest BCUT2D eigenvalue weighted by Gasteiger charge is -2.39. The number of hydrogen-bond acceptors (Lipinski definition) is 4. The fourth-order valence-electron chi connectivity index (χ4n) is 11.3. The van der Waals surface area contributed by atoms with Gasteiger partial charge in [-0.2, -0.15) is 0 Å². The second-order valence-corrected chi connectivity index (χ2v) is 18.8. The monoisotopic (exact) mass is 896 g/mol. The molecule has 322 valence electrons. The topological polar surface area (TPSA) is 15.7 Å². The highest BCUT2D eigenvalue weighted by atomic mass is 32.1. The summed E-state index contributed by atoms with van der Waals surface area (Å²) in [4.78, 5) is 4.77. The van der Waals surface area contributed by atoms with Crippen molar-refractivity contribution >= 4 is 76.4 Å². The van der Waals surface area contributed by atoms with Gasteiger partial charge in [0.1, 0.15) is 11.5 Å². The summed E-state index contributed by atoms with van der Waals surface area (Å²) in [7, 11) is 0. The predicted octanol–water partition coefficient (Wildman–Crippen LogP) is 17.9. The van der Waals surface area contributed by atoms with Crippen LogP contribution in [0.5, 0.6) is 11.5 Å². The SMILES string of the molecule is c1ccc2c(-c3cccc(N(c4ccccc4)c4ccccc4)c3)cc3c4cccc(N(c5ccccc5)c5ccc6c(c5)-c5ccccc5C65c6ccccc6Oc6ccccc65)c4sc3c2c#1. The van der Waals surface area contributed by atoms with Crippen LogP contribution in [0.4, 0.5) is 34.1 Å². The van der Waals surface area contributed by atoms with Gasteiger partial charge in [-0.05, 0) is 130 Å². The van der Waals surface area contributed by atoms with Crippen molar-refractivity contribution in [1.82, 2.24) is 0 Å². The van der Waals surface area contributed by atoms with E-state index in [1.54, 1.807) is 0 Å². The summed E-state index contributed by atoms with van der Waals surface area (Å²) >= 11 is 1.84. The summed E-state index contributed by atoms with van der Waals surface area (Å²) in [6, 6.07) is 94.5. The quantitative estimate of drug-likeness (QED) is 0.159. The number of thiophene rings is 1. The maximum absolute atomic E-state index is 6.63. The van der Waals surface area contributed by atoms with Gasteiger partial charge in [-0.15, -0.1) is 11.3 Å². The molecular formula is C65H40N2OS. The minimum Gasteiger partial charge on any atom is -0.457 e. The average Bonchev–Trinajstić information content (AvgIpc) is 3.94. The molecule has 0 unspecified atom stereocenters. The van der Waals surface area contributed by atoms with E-state index in [1.165, 1.54) is 42.4 Å². The molecule has 0 saturated carbocycles. The average molecular weight is 897 g/mol. The van der Waals surface area contributed by atoms with Gasteiger partial charge in [-0.1, -0.05) is 158 Å². The fraction of sp³-hybridized carbons (Fsp3) is 0.0154. The zero-order valence-electron chi connectivity index (χ0n) is 37.3. The van der Waals surface area contributed by atoms with Crippen molar-refractivity contribution in [2.45, 2.75) is 5.41 Å². The largest absolute Gasteiger partial charge is 0.457 e. The molecule has 11 aromatic carbocycles. The third-order valence-corrected chi connectivity index (χ3v) is 15.4. The Balaban J connectivity index is 0.961. The van der Waals surface area contributed by atoms with Crippen LogP contribution in [0.1, 0.15) is 22.3 Å². The Morgan fingerprint density at radius 1 is 0.377 bits per heavy atom. The Labute approximate surface area is 405 Å². The standard InChI is InChI=1S/C65H40N2OS/c1-4-21-44(22-5-1)66(45-23-6-2-7-24-45)47-27-18-20-43(40-47)53-42-55-52-31-19-35-60(64(52)69-63(55)51-30-11-10-28-49(51)53)67(46-25-8-3-9-26-46)48-38-39-57-54(41-48)50-29-12-13-32-56(50)65(57)58-33-14-16-36-61(58)68-62-37-17-15-34-59(62)65/h1-10,12-29,31-42H. The first kappa shape index (κ1) is 39.3. The van der Waals surface area contributed by atoms with E-state index in [0.29, 0.717) is 0 Å². The van der Waals surface area contributed by atoms with Gasteiger partial charge < -0.3 is 14.5 Å². The highest BCUT2D eigenvalue weighted by Crippen LogP contribution is 2.63. The normalized spacial score (nSPS) is 12.8. The molecule has 0 atom stereocenters. The Kier molecular flexibility index (Phi) is 8.89. The number of fused-ring (bicyclic) bond motifs is 14. The van der Waals surface area contributed by atoms with Gasteiger partial charge in [0.2, 0.25) is 0 Å². The van der Waals surface area contributed by atoms with E-state index in [1.807, 2.05) is 17.4 Å². The van der Waals surface area contributed by atoms with Crippen LogP contribution in [0.3, 0.4) is 0 Å². The van der Waals surface area contributed by atoms with Crippen LogP contribution >= 0.6 is 11.3 Å². The Hall–Kier alpha value is -8.88. The lowest BCUT2D eigenvalue weighted by atomic mass is 9.66. The van der Waals surface area contributed by atoms with E-state index in [-0.39, 0.29) is 0 Å². The Morgan fingerprint density at radius 2 is 0.957 bits per heavy atom. The smallest absolute Gasteiger partial charge is 0.132 e. The molecule has 14 rings (SSSR count). The van der Waals surface area contributed by atoms with Crippen molar-refractivity contribution < 1.29 is 4.74 Å². The van der Waals surface area contributed by atoms with Crippen LogP contribution in [0.25, 0.3) is 53.2 Å². The maximum atomic E-state index is 6.63. The summed E-state index contributed by atoms with van der Waals surface area (Å²) in [6.07, 6.45) is 0. The molecule has 0 fully saturated rings. The summed E-state index contributed by atoms with van der Waals surface area (Å²) in [5.41, 5.74) is 15.7. The molecule has 1 aliphatic carbocycles. The summed E-state index contributed by atoms with van der Waals surface area (Å²) in [5, 5.41) is 4.65. The number of hydrogen-bond donors (Lipinski definition) is 0. The van der Waals surface area contributed by atoms with Crippen LogP contribution in [-0.2, 0) is 5.41 Å². The van der Waals surface area contributed by atoms with Crippen molar-refractivity contribution in [2.24, 2.45) is 0 Å². The number of rotatable bonds is 7. The molecule has 2 aliphatic rings. The molecule has 1 spiro atoms. The number of benzene rings is 10. The first-order valence-electron chi connectivity index (χ1n) is 23.4. The molecule has 1 aliphatic heterocycles. The van der Waals surface area contributed by atoms with E-state index in [4.69, 9.17) is 4.74 Å². The second-order valence-electron chi connectivity index (χ2n) is 17.8. The van der Waals surface area contributed by atoms with Crippen LogP contribution in [0, 0.1) is 12.1 Å². The molecule has 4 heteroatoms.